The average Bonchev–Trinajstić information content (AvgIpc) is 2.61. The predicted molar refractivity (Wildman–Crippen MR) is 96.5 cm³/mol. The molecule has 1 rings (SSSR count). The molecule has 0 saturated carbocycles. The van der Waals surface area contributed by atoms with Gasteiger partial charge in [-0.05, 0) is 19.4 Å². The van der Waals surface area contributed by atoms with E-state index < -0.39 is 11.9 Å². The Morgan fingerprint density at radius 3 is 2.04 bits per heavy atom. The molecule has 144 valence electrons. The van der Waals surface area contributed by atoms with Crippen molar-refractivity contribution in [3.8, 4) is 0 Å². The molecule has 0 aliphatic carbocycles. The van der Waals surface area contributed by atoms with Crippen molar-refractivity contribution in [3.63, 3.8) is 0 Å². The Labute approximate surface area is 151 Å². The predicted octanol–water partition coefficient (Wildman–Crippen LogP) is 3.01. The highest BCUT2D eigenvalue weighted by molar-refractivity contribution is 5.90. The summed E-state index contributed by atoms with van der Waals surface area (Å²) in [6, 6.07) is 0. The van der Waals surface area contributed by atoms with Gasteiger partial charge in [0.2, 0.25) is 0 Å². The van der Waals surface area contributed by atoms with Crippen molar-refractivity contribution in [2.24, 2.45) is 0 Å². The van der Waals surface area contributed by atoms with Gasteiger partial charge in [-0.2, -0.15) is 0 Å². The number of hydrogen-bond acceptors (Lipinski definition) is 5. The molecule has 0 unspecified atom stereocenters. The van der Waals surface area contributed by atoms with Gasteiger partial charge in [-0.25, -0.2) is 9.59 Å². The lowest BCUT2D eigenvalue weighted by atomic mass is 10.1. The molecule has 6 nitrogen and oxygen atoms in total. The fourth-order valence-corrected chi connectivity index (χ4v) is 2.86. The van der Waals surface area contributed by atoms with Gasteiger partial charge in [-0.1, -0.05) is 44.9 Å². The van der Waals surface area contributed by atoms with Crippen LogP contribution in [0.5, 0.6) is 0 Å². The van der Waals surface area contributed by atoms with E-state index in [-0.39, 0.29) is 0 Å². The number of esters is 1. The first-order valence-corrected chi connectivity index (χ1v) is 9.56. The number of rotatable bonds is 14. The Kier molecular flexibility index (Phi) is 12.9. The molecule has 0 radical (unpaired) electrons. The monoisotopic (exact) mass is 355 g/mol. The Morgan fingerprint density at radius 1 is 0.880 bits per heavy atom. The number of carbonyl (C=O) groups excluding carboxylic acids is 1. The third-order valence-corrected chi connectivity index (χ3v) is 4.33. The number of hydrogen-bond donors (Lipinski definition) is 1. The molecule has 0 spiro atoms. The van der Waals surface area contributed by atoms with Crippen molar-refractivity contribution in [2.45, 2.75) is 57.8 Å². The molecule has 0 atom stereocenters. The van der Waals surface area contributed by atoms with Crippen LogP contribution < -0.4 is 0 Å². The van der Waals surface area contributed by atoms with E-state index >= 15 is 0 Å². The van der Waals surface area contributed by atoms with Crippen molar-refractivity contribution in [3.05, 3.63) is 12.2 Å². The van der Waals surface area contributed by atoms with Crippen LogP contribution >= 0.6 is 0 Å². The van der Waals surface area contributed by atoms with Crippen LogP contribution in [0.1, 0.15) is 57.8 Å². The molecule has 0 aromatic rings. The fraction of sp³-hybridized carbons (Fsp3) is 0.789. The molecule has 1 heterocycles. The normalized spacial score (nSPS) is 15.5. The summed E-state index contributed by atoms with van der Waals surface area (Å²) in [6.45, 7) is 5.53. The van der Waals surface area contributed by atoms with Gasteiger partial charge in [0, 0.05) is 25.2 Å². The van der Waals surface area contributed by atoms with Gasteiger partial charge in [-0.3, -0.25) is 4.90 Å². The number of unbranched alkanes of at least 4 members (excludes halogenated alkanes) is 8. The van der Waals surface area contributed by atoms with Crippen LogP contribution in [0.15, 0.2) is 12.2 Å². The van der Waals surface area contributed by atoms with Crippen molar-refractivity contribution in [1.82, 2.24) is 4.90 Å². The van der Waals surface area contributed by atoms with Gasteiger partial charge in [0.05, 0.1) is 19.8 Å². The second-order valence-corrected chi connectivity index (χ2v) is 6.48. The van der Waals surface area contributed by atoms with E-state index in [1.165, 1.54) is 45.1 Å². The highest BCUT2D eigenvalue weighted by atomic mass is 16.5. The molecular formula is C19H33NO5. The van der Waals surface area contributed by atoms with E-state index in [1.54, 1.807) is 0 Å². The summed E-state index contributed by atoms with van der Waals surface area (Å²) in [6.07, 6.45) is 12.5. The molecule has 0 amide bonds. The van der Waals surface area contributed by atoms with Crippen molar-refractivity contribution in [2.75, 3.05) is 39.5 Å². The number of carboxylic acids is 1. The molecule has 0 bridgehead atoms. The lowest BCUT2D eigenvalue weighted by molar-refractivity contribution is -0.138. The number of aliphatic carboxylic acids is 1. The smallest absolute Gasteiger partial charge is 0.331 e. The van der Waals surface area contributed by atoms with E-state index in [9.17, 15) is 9.59 Å². The van der Waals surface area contributed by atoms with Gasteiger partial charge >= 0.3 is 11.9 Å². The maximum atomic E-state index is 11.1. The number of ether oxygens (including phenoxy) is 2. The van der Waals surface area contributed by atoms with Crippen molar-refractivity contribution in [1.29, 1.82) is 0 Å². The van der Waals surface area contributed by atoms with E-state index in [2.05, 4.69) is 4.90 Å². The Balaban J connectivity index is 1.77. The molecular weight excluding hydrogens is 322 g/mol. The second kappa shape index (κ2) is 14.9. The minimum atomic E-state index is -1.14. The maximum Gasteiger partial charge on any atom is 0.331 e. The largest absolute Gasteiger partial charge is 0.478 e. The first-order chi connectivity index (χ1) is 12.2. The summed E-state index contributed by atoms with van der Waals surface area (Å²) in [5.74, 6) is -1.72. The van der Waals surface area contributed by atoms with Crippen molar-refractivity contribution < 1.29 is 24.2 Å². The molecule has 1 saturated heterocycles. The Bertz CT molecular complexity index is 391. The number of nitrogens with zero attached hydrogens (tertiary/aromatic N) is 1. The Morgan fingerprint density at radius 2 is 1.44 bits per heavy atom. The summed E-state index contributed by atoms with van der Waals surface area (Å²) in [5, 5.41) is 8.38. The van der Waals surface area contributed by atoms with E-state index in [0.29, 0.717) is 6.61 Å². The number of morpholine rings is 1. The van der Waals surface area contributed by atoms with E-state index in [1.807, 2.05) is 0 Å². The lowest BCUT2D eigenvalue weighted by Gasteiger charge is -2.26. The van der Waals surface area contributed by atoms with E-state index in [0.717, 1.165) is 57.7 Å². The molecule has 1 aliphatic heterocycles. The topological polar surface area (TPSA) is 76.1 Å². The summed E-state index contributed by atoms with van der Waals surface area (Å²) < 4.78 is 10.3. The number of carboxylic acid groups (broad SMARTS) is 1. The van der Waals surface area contributed by atoms with Crippen LogP contribution in [0.4, 0.5) is 0 Å². The maximum absolute atomic E-state index is 11.1. The molecule has 6 heteroatoms. The molecule has 1 fully saturated rings. The zero-order chi connectivity index (χ0) is 18.2. The highest BCUT2D eigenvalue weighted by Gasteiger charge is 2.08. The average molecular weight is 355 g/mol. The van der Waals surface area contributed by atoms with Crippen molar-refractivity contribution >= 4 is 11.9 Å². The van der Waals surface area contributed by atoms with Crippen LogP contribution in [0.2, 0.25) is 0 Å². The summed E-state index contributed by atoms with van der Waals surface area (Å²) >= 11 is 0. The summed E-state index contributed by atoms with van der Waals surface area (Å²) in [5.41, 5.74) is 0. The fourth-order valence-electron chi connectivity index (χ4n) is 2.86. The third kappa shape index (κ3) is 13.6. The lowest BCUT2D eigenvalue weighted by Crippen LogP contribution is -2.36. The van der Waals surface area contributed by atoms with Crippen LogP contribution in [-0.2, 0) is 19.1 Å². The SMILES string of the molecule is O=C(O)/C=C/C(=O)OCCCCCCCCCCCN1CCOCC1. The van der Waals surface area contributed by atoms with Gasteiger partial charge < -0.3 is 14.6 Å². The molecule has 1 N–H and O–H groups in total. The summed E-state index contributed by atoms with van der Waals surface area (Å²) in [7, 11) is 0. The quantitative estimate of drug-likeness (QED) is 0.293. The minimum Gasteiger partial charge on any atom is -0.478 e. The second-order valence-electron chi connectivity index (χ2n) is 6.48. The third-order valence-electron chi connectivity index (χ3n) is 4.33. The first kappa shape index (κ1) is 21.6. The van der Waals surface area contributed by atoms with Crippen LogP contribution in [-0.4, -0.2) is 61.4 Å². The van der Waals surface area contributed by atoms with Gasteiger partial charge in [-0.15, -0.1) is 0 Å². The highest BCUT2D eigenvalue weighted by Crippen LogP contribution is 2.10. The zero-order valence-corrected chi connectivity index (χ0v) is 15.3. The van der Waals surface area contributed by atoms with Gasteiger partial charge in [0.15, 0.2) is 0 Å². The minimum absolute atomic E-state index is 0.365. The molecule has 0 aromatic carbocycles. The molecule has 1 aliphatic rings. The Hall–Kier alpha value is -1.40. The number of carbonyl (C=O) groups is 2. The van der Waals surface area contributed by atoms with Crippen LogP contribution in [0, 0.1) is 0 Å². The first-order valence-electron chi connectivity index (χ1n) is 9.56. The standard InChI is InChI=1S/C19H33NO5/c21-18(22)10-11-19(23)25-15-9-7-5-3-1-2-4-6-8-12-20-13-16-24-17-14-20/h10-11H,1-9,12-17H2,(H,21,22)/b11-10+. The zero-order valence-electron chi connectivity index (χ0n) is 15.3. The molecule has 25 heavy (non-hydrogen) atoms. The van der Waals surface area contributed by atoms with Crippen LogP contribution in [0.3, 0.4) is 0 Å². The van der Waals surface area contributed by atoms with Crippen LogP contribution in [0.25, 0.3) is 0 Å². The summed E-state index contributed by atoms with van der Waals surface area (Å²) in [4.78, 5) is 23.9. The molecule has 0 aromatic heterocycles. The van der Waals surface area contributed by atoms with Gasteiger partial charge in [0.25, 0.3) is 0 Å². The van der Waals surface area contributed by atoms with Gasteiger partial charge in [0.1, 0.15) is 0 Å². The van der Waals surface area contributed by atoms with E-state index in [4.69, 9.17) is 14.6 Å².